The third kappa shape index (κ3) is 5.38. The molecule has 0 saturated carbocycles. The van der Waals surface area contributed by atoms with E-state index in [0.717, 1.165) is 34.5 Å². The number of nitriles is 1. The zero-order valence-corrected chi connectivity index (χ0v) is 18.8. The van der Waals surface area contributed by atoms with E-state index >= 15 is 0 Å². The number of benzene rings is 1. The first kappa shape index (κ1) is 21.8. The first-order valence-corrected chi connectivity index (χ1v) is 10.5. The topological polar surface area (TPSA) is 74.6 Å². The lowest BCUT2D eigenvalue weighted by Crippen LogP contribution is -2.15. The summed E-state index contributed by atoms with van der Waals surface area (Å²) in [5.74, 6) is 3.34. The summed E-state index contributed by atoms with van der Waals surface area (Å²) in [5.41, 5.74) is 4.29. The Labute approximate surface area is 179 Å². The fourth-order valence-corrected chi connectivity index (χ4v) is 4.14. The van der Waals surface area contributed by atoms with Crippen LogP contribution in [0, 0.1) is 35.5 Å². The van der Waals surface area contributed by atoms with Crippen LogP contribution < -0.4 is 4.74 Å². The molecule has 0 fully saturated rings. The molecule has 0 aliphatic heterocycles. The highest BCUT2D eigenvalue weighted by atomic mass is 16.5. The van der Waals surface area contributed by atoms with Crippen LogP contribution >= 0.6 is 0 Å². The van der Waals surface area contributed by atoms with Crippen molar-refractivity contribution in [3.63, 3.8) is 0 Å². The van der Waals surface area contributed by atoms with Crippen LogP contribution in [0.4, 0.5) is 0 Å². The van der Waals surface area contributed by atoms with Crippen LogP contribution in [0.3, 0.4) is 0 Å². The summed E-state index contributed by atoms with van der Waals surface area (Å²) in [4.78, 5) is 12.0. The highest BCUT2D eigenvalue weighted by molar-refractivity contribution is 5.90. The molecule has 5 heteroatoms. The van der Waals surface area contributed by atoms with Gasteiger partial charge in [-0.15, -0.1) is 0 Å². The van der Waals surface area contributed by atoms with Gasteiger partial charge in [-0.2, -0.15) is 5.26 Å². The number of aromatic nitrogens is 3. The van der Waals surface area contributed by atoms with Gasteiger partial charge in [0.1, 0.15) is 23.2 Å². The molecular weight excluding hydrogens is 372 g/mol. The molecule has 2 aromatic heterocycles. The van der Waals surface area contributed by atoms with Crippen molar-refractivity contribution in [2.24, 2.45) is 11.3 Å². The van der Waals surface area contributed by atoms with Crippen molar-refractivity contribution in [1.29, 1.82) is 5.26 Å². The van der Waals surface area contributed by atoms with E-state index in [1.54, 1.807) is 6.20 Å². The van der Waals surface area contributed by atoms with E-state index in [1.165, 1.54) is 12.3 Å². The standard InChI is InChI=1S/C25H31N4O/c1-16(13-25(4,5)6)11-17(2)15-30-22-8-7-19(12-20(22)14-26)21-9-10-27-24-23(21)28-18(3)29-24/h7-10,12,16H,11,13,15H2,1-6H3,(H,27,28,29)/t16-/m0/s1. The number of aromatic amines is 1. The molecule has 0 bridgehead atoms. The minimum absolute atomic E-state index is 0.329. The summed E-state index contributed by atoms with van der Waals surface area (Å²) in [5, 5.41) is 9.67. The van der Waals surface area contributed by atoms with E-state index in [2.05, 4.69) is 55.6 Å². The van der Waals surface area contributed by atoms with Gasteiger partial charge in [-0.1, -0.05) is 40.7 Å². The highest BCUT2D eigenvalue weighted by Crippen LogP contribution is 2.32. The van der Waals surface area contributed by atoms with Crippen LogP contribution in [-0.2, 0) is 0 Å². The summed E-state index contributed by atoms with van der Waals surface area (Å²) in [6.07, 6.45) is 3.96. The molecular formula is C25H31N4O. The first-order valence-electron chi connectivity index (χ1n) is 10.5. The normalized spacial score (nSPS) is 12.9. The van der Waals surface area contributed by atoms with Gasteiger partial charge in [-0.3, -0.25) is 0 Å². The molecule has 0 spiro atoms. The second-order valence-corrected chi connectivity index (χ2v) is 9.52. The third-order valence-electron chi connectivity index (χ3n) is 5.05. The van der Waals surface area contributed by atoms with Crippen molar-refractivity contribution in [1.82, 2.24) is 15.0 Å². The summed E-state index contributed by atoms with van der Waals surface area (Å²) < 4.78 is 6.01. The van der Waals surface area contributed by atoms with Gasteiger partial charge in [0.25, 0.3) is 0 Å². The van der Waals surface area contributed by atoms with Crippen molar-refractivity contribution in [2.45, 2.75) is 54.4 Å². The number of nitrogens with zero attached hydrogens (tertiary/aromatic N) is 3. The zero-order valence-electron chi connectivity index (χ0n) is 18.8. The molecule has 5 nitrogen and oxygen atoms in total. The maximum Gasteiger partial charge on any atom is 0.157 e. The second kappa shape index (κ2) is 8.87. The van der Waals surface area contributed by atoms with Crippen LogP contribution in [0.5, 0.6) is 5.75 Å². The number of ether oxygens (including phenoxy) is 1. The molecule has 1 N–H and O–H groups in total. The Bertz CT molecular complexity index is 1060. The third-order valence-corrected chi connectivity index (χ3v) is 5.05. The monoisotopic (exact) mass is 403 g/mol. The van der Waals surface area contributed by atoms with Crippen molar-refractivity contribution in [2.75, 3.05) is 6.61 Å². The van der Waals surface area contributed by atoms with E-state index in [4.69, 9.17) is 4.74 Å². The van der Waals surface area contributed by atoms with Gasteiger partial charge in [0.05, 0.1) is 12.2 Å². The lowest BCUT2D eigenvalue weighted by Gasteiger charge is -2.25. The lowest BCUT2D eigenvalue weighted by atomic mass is 9.82. The van der Waals surface area contributed by atoms with E-state index in [0.29, 0.717) is 29.3 Å². The van der Waals surface area contributed by atoms with Gasteiger partial charge in [0.2, 0.25) is 0 Å². The molecule has 157 valence electrons. The van der Waals surface area contributed by atoms with Crippen LogP contribution in [-0.4, -0.2) is 21.6 Å². The van der Waals surface area contributed by atoms with Gasteiger partial charge in [0.15, 0.2) is 5.65 Å². The van der Waals surface area contributed by atoms with Crippen molar-refractivity contribution >= 4 is 11.2 Å². The Morgan fingerprint density at radius 1 is 1.27 bits per heavy atom. The van der Waals surface area contributed by atoms with Crippen molar-refractivity contribution in [3.05, 3.63) is 47.8 Å². The number of rotatable bonds is 7. The fourth-order valence-electron chi connectivity index (χ4n) is 4.14. The highest BCUT2D eigenvalue weighted by Gasteiger charge is 2.18. The molecule has 3 aromatic rings. The van der Waals surface area contributed by atoms with Crippen molar-refractivity contribution in [3.8, 4) is 22.9 Å². The van der Waals surface area contributed by atoms with Crippen LogP contribution in [0.25, 0.3) is 22.3 Å². The fraction of sp³-hybridized carbons (Fsp3) is 0.440. The number of H-pyrrole nitrogens is 1. The van der Waals surface area contributed by atoms with E-state index < -0.39 is 0 Å². The summed E-state index contributed by atoms with van der Waals surface area (Å²) >= 11 is 0. The first-order chi connectivity index (χ1) is 14.2. The second-order valence-electron chi connectivity index (χ2n) is 9.52. The molecule has 0 saturated heterocycles. The number of hydrogen-bond acceptors (Lipinski definition) is 4. The van der Waals surface area contributed by atoms with Gasteiger partial charge in [-0.25, -0.2) is 9.97 Å². The predicted octanol–water partition coefficient (Wildman–Crippen LogP) is 6.24. The van der Waals surface area contributed by atoms with Crippen molar-refractivity contribution < 1.29 is 4.74 Å². The van der Waals surface area contributed by atoms with Crippen LogP contribution in [0.1, 0.15) is 58.8 Å². The number of nitrogens with one attached hydrogen (secondary N) is 1. The largest absolute Gasteiger partial charge is 0.492 e. The quantitative estimate of drug-likeness (QED) is 0.506. The summed E-state index contributed by atoms with van der Waals surface area (Å²) in [6.45, 7) is 13.7. The molecule has 0 aliphatic carbocycles. The van der Waals surface area contributed by atoms with E-state index in [-0.39, 0.29) is 0 Å². The van der Waals surface area contributed by atoms with Crippen LogP contribution in [0.15, 0.2) is 30.5 Å². The minimum atomic E-state index is 0.329. The van der Waals surface area contributed by atoms with E-state index in [9.17, 15) is 5.26 Å². The Morgan fingerprint density at radius 3 is 2.73 bits per heavy atom. The average molecular weight is 404 g/mol. The summed E-state index contributed by atoms with van der Waals surface area (Å²) in [7, 11) is 0. The molecule has 1 radical (unpaired) electrons. The van der Waals surface area contributed by atoms with Gasteiger partial charge < -0.3 is 9.72 Å². The average Bonchev–Trinajstić information content (AvgIpc) is 3.04. The van der Waals surface area contributed by atoms with Gasteiger partial charge in [0, 0.05) is 17.7 Å². The molecule has 2 heterocycles. The van der Waals surface area contributed by atoms with Gasteiger partial charge in [-0.05, 0) is 54.9 Å². The number of hydrogen-bond donors (Lipinski definition) is 1. The number of pyridine rings is 1. The maximum atomic E-state index is 9.67. The smallest absolute Gasteiger partial charge is 0.157 e. The number of fused-ring (bicyclic) bond motifs is 1. The zero-order chi connectivity index (χ0) is 21.9. The maximum absolute atomic E-state index is 9.67. The van der Waals surface area contributed by atoms with Gasteiger partial charge >= 0.3 is 0 Å². The molecule has 0 amide bonds. The Hall–Kier alpha value is -2.87. The molecule has 3 rings (SSSR count). The van der Waals surface area contributed by atoms with E-state index in [1.807, 2.05) is 31.2 Å². The van der Waals surface area contributed by atoms with Crippen LogP contribution in [0.2, 0.25) is 0 Å². The molecule has 1 aromatic carbocycles. The Kier molecular flexibility index (Phi) is 6.45. The lowest BCUT2D eigenvalue weighted by molar-refractivity contribution is 0.275. The molecule has 30 heavy (non-hydrogen) atoms. The number of imidazole rings is 1. The Morgan fingerprint density at radius 2 is 2.03 bits per heavy atom. The minimum Gasteiger partial charge on any atom is -0.492 e. The number of aryl methyl sites for hydroxylation is 1. The predicted molar refractivity (Wildman–Crippen MR) is 121 cm³/mol. The molecule has 0 unspecified atom stereocenters. The summed E-state index contributed by atoms with van der Waals surface area (Å²) in [6, 6.07) is 9.93. The molecule has 1 atom stereocenters. The Balaban J connectivity index is 1.73. The molecule has 0 aliphatic rings. The SMILES string of the molecule is C[C](COc1ccc(-c2ccnc3[nH]c(C)nc23)cc1C#N)C[C@H](C)CC(C)(C)C.